The molecule has 0 atom stereocenters. The smallest absolute Gasteiger partial charge is 0.267 e. The van der Waals surface area contributed by atoms with E-state index >= 15 is 0 Å². The second-order valence-corrected chi connectivity index (χ2v) is 11.6. The van der Waals surface area contributed by atoms with Crippen molar-refractivity contribution in [1.29, 1.82) is 0 Å². The van der Waals surface area contributed by atoms with Crippen LogP contribution in [-0.4, -0.2) is 38.5 Å². The number of rotatable bonds is 7. The zero-order valence-corrected chi connectivity index (χ0v) is 19.3. The summed E-state index contributed by atoms with van der Waals surface area (Å²) < 4.78 is 50.2. The lowest BCUT2D eigenvalue weighted by atomic mass is 10.2. The van der Waals surface area contributed by atoms with Crippen molar-refractivity contribution in [2.45, 2.75) is 28.2 Å². The number of benzene rings is 2. The first-order chi connectivity index (χ1) is 15.7. The van der Waals surface area contributed by atoms with Crippen LogP contribution in [0.4, 0.5) is 0 Å². The van der Waals surface area contributed by atoms with Crippen LogP contribution in [0.2, 0.25) is 0 Å². The van der Waals surface area contributed by atoms with E-state index in [1.807, 2.05) is 0 Å². The molecule has 0 spiro atoms. The maximum absolute atomic E-state index is 13.0. The average molecular weight is 484 g/mol. The minimum Gasteiger partial charge on any atom is -0.350 e. The highest BCUT2D eigenvalue weighted by Crippen LogP contribution is 2.24. The summed E-state index contributed by atoms with van der Waals surface area (Å²) in [5.41, 5.74) is 1.92. The van der Waals surface area contributed by atoms with Gasteiger partial charge in [0.2, 0.25) is 9.84 Å². The summed E-state index contributed by atoms with van der Waals surface area (Å²) in [6.07, 6.45) is 3.30. The van der Waals surface area contributed by atoms with Crippen LogP contribution in [-0.2, 0) is 26.2 Å². The fourth-order valence-corrected chi connectivity index (χ4v) is 5.60. The molecule has 10 heteroatoms. The number of nitrogens with zero attached hydrogens (tertiary/aromatic N) is 1. The van der Waals surface area contributed by atoms with E-state index in [2.05, 4.69) is 15.3 Å². The molecule has 2 N–H and O–H groups in total. The number of pyridine rings is 1. The minimum absolute atomic E-state index is 0.0295. The van der Waals surface area contributed by atoms with Crippen molar-refractivity contribution >= 4 is 36.5 Å². The van der Waals surface area contributed by atoms with Gasteiger partial charge in [-0.05, 0) is 48.0 Å². The normalized spacial score (nSPS) is 12.0. The Hall–Kier alpha value is -3.50. The molecule has 0 aliphatic carbocycles. The number of nitrogens with one attached hydrogen (secondary N) is 2. The van der Waals surface area contributed by atoms with Crippen molar-refractivity contribution in [2.75, 3.05) is 5.75 Å². The summed E-state index contributed by atoms with van der Waals surface area (Å²) in [6.45, 7) is 1.71. The number of carbonyl (C=O) groups is 1. The molecule has 170 valence electrons. The number of carbonyl (C=O) groups excluding carboxylic acids is 1. The minimum atomic E-state index is -3.90. The summed E-state index contributed by atoms with van der Waals surface area (Å²) in [7, 11) is -7.43. The number of aromatic nitrogens is 2. The first kappa shape index (κ1) is 22.7. The molecule has 0 saturated heterocycles. The van der Waals surface area contributed by atoms with E-state index in [1.165, 1.54) is 43.3 Å². The largest absolute Gasteiger partial charge is 0.350 e. The molecular weight excluding hydrogens is 462 g/mol. The van der Waals surface area contributed by atoms with Gasteiger partial charge in [0.1, 0.15) is 5.69 Å². The summed E-state index contributed by atoms with van der Waals surface area (Å²) in [6, 6.07) is 14.9. The predicted octanol–water partition coefficient (Wildman–Crippen LogP) is 3.12. The highest BCUT2D eigenvalue weighted by Gasteiger charge is 2.21. The quantitative estimate of drug-likeness (QED) is 0.416. The zero-order valence-electron chi connectivity index (χ0n) is 17.6. The van der Waals surface area contributed by atoms with Crippen LogP contribution >= 0.6 is 0 Å². The third-order valence-corrected chi connectivity index (χ3v) is 8.71. The first-order valence-electron chi connectivity index (χ1n) is 10.1. The summed E-state index contributed by atoms with van der Waals surface area (Å²) in [5.74, 6) is -0.413. The monoisotopic (exact) mass is 483 g/mol. The molecule has 0 bridgehead atoms. The summed E-state index contributed by atoms with van der Waals surface area (Å²) >= 11 is 0. The molecule has 0 radical (unpaired) electrons. The van der Waals surface area contributed by atoms with Gasteiger partial charge in [-0.15, -0.1) is 0 Å². The number of hydrogen-bond acceptors (Lipinski definition) is 6. The molecule has 0 aliphatic heterocycles. The highest BCUT2D eigenvalue weighted by molar-refractivity contribution is 7.92. The Balaban J connectivity index is 1.48. The molecule has 0 saturated carbocycles. The van der Waals surface area contributed by atoms with Crippen LogP contribution in [0.1, 0.15) is 23.0 Å². The van der Waals surface area contributed by atoms with Crippen LogP contribution in [0.15, 0.2) is 87.7 Å². The summed E-state index contributed by atoms with van der Waals surface area (Å²) in [5, 5.41) is 3.62. The van der Waals surface area contributed by atoms with E-state index in [0.717, 1.165) is 10.9 Å². The Morgan fingerprint density at radius 2 is 1.67 bits per heavy atom. The van der Waals surface area contributed by atoms with Gasteiger partial charge in [-0.1, -0.05) is 25.1 Å². The molecule has 4 rings (SSSR count). The molecule has 2 aromatic heterocycles. The van der Waals surface area contributed by atoms with Gasteiger partial charge in [-0.25, -0.2) is 16.8 Å². The first-order valence-corrected chi connectivity index (χ1v) is 13.2. The fourth-order valence-electron chi connectivity index (χ4n) is 3.30. The molecule has 0 fully saturated rings. The lowest BCUT2D eigenvalue weighted by Crippen LogP contribution is -2.23. The lowest BCUT2D eigenvalue weighted by molar-refractivity contribution is 0.0946. The Morgan fingerprint density at radius 3 is 2.36 bits per heavy atom. The van der Waals surface area contributed by atoms with E-state index in [1.54, 1.807) is 36.7 Å². The van der Waals surface area contributed by atoms with E-state index in [0.29, 0.717) is 11.3 Å². The van der Waals surface area contributed by atoms with Gasteiger partial charge in [0.25, 0.3) is 5.91 Å². The van der Waals surface area contributed by atoms with Crippen molar-refractivity contribution in [3.05, 3.63) is 84.3 Å². The second kappa shape index (κ2) is 8.80. The maximum atomic E-state index is 13.0. The molecule has 0 aliphatic rings. The van der Waals surface area contributed by atoms with Gasteiger partial charge >= 0.3 is 0 Å². The Morgan fingerprint density at radius 1 is 0.939 bits per heavy atom. The Bertz CT molecular complexity index is 1510. The number of H-pyrrole nitrogens is 1. The van der Waals surface area contributed by atoms with E-state index in [9.17, 15) is 21.6 Å². The fraction of sp³-hybridized carbons (Fsp3) is 0.130. The molecule has 1 amide bonds. The Kier molecular flexibility index (Phi) is 6.05. The third-order valence-electron chi connectivity index (χ3n) is 5.21. The Labute approximate surface area is 191 Å². The SMILES string of the molecule is CCS(=O)(=O)c1cccc(S(=O)(=O)c2ccc(CNC(=O)c3cc4cnccc4[nH]3)cc2)c1. The second-order valence-electron chi connectivity index (χ2n) is 7.35. The molecule has 33 heavy (non-hydrogen) atoms. The van der Waals surface area contributed by atoms with Crippen molar-refractivity contribution in [3.63, 3.8) is 0 Å². The van der Waals surface area contributed by atoms with E-state index in [-0.39, 0.29) is 32.9 Å². The number of sulfone groups is 2. The van der Waals surface area contributed by atoms with E-state index < -0.39 is 19.7 Å². The van der Waals surface area contributed by atoms with Gasteiger partial charge in [0, 0.05) is 29.8 Å². The highest BCUT2D eigenvalue weighted by atomic mass is 32.2. The topological polar surface area (TPSA) is 126 Å². The molecule has 0 unspecified atom stereocenters. The predicted molar refractivity (Wildman–Crippen MR) is 123 cm³/mol. The van der Waals surface area contributed by atoms with Crippen molar-refractivity contribution in [2.24, 2.45) is 0 Å². The van der Waals surface area contributed by atoms with E-state index in [4.69, 9.17) is 0 Å². The standard InChI is InChI=1S/C23H21N3O5S2/c1-2-32(28,29)19-4-3-5-20(13-19)33(30,31)18-8-6-16(7-9-18)14-25-23(27)22-12-17-15-24-11-10-21(17)26-22/h3-13,15,26H,2,14H2,1H3,(H,25,27). The van der Waals surface area contributed by atoms with Crippen LogP contribution in [0, 0.1) is 0 Å². The zero-order chi connectivity index (χ0) is 23.6. The van der Waals surface area contributed by atoms with Crippen LogP contribution < -0.4 is 5.32 Å². The molecular formula is C23H21N3O5S2. The van der Waals surface area contributed by atoms with Crippen molar-refractivity contribution in [3.8, 4) is 0 Å². The van der Waals surface area contributed by atoms with Gasteiger partial charge in [0.15, 0.2) is 9.84 Å². The molecule has 4 aromatic rings. The number of hydrogen-bond donors (Lipinski definition) is 2. The van der Waals surface area contributed by atoms with Gasteiger partial charge in [-0.3, -0.25) is 9.78 Å². The lowest BCUT2D eigenvalue weighted by Gasteiger charge is -2.09. The number of aromatic amines is 1. The summed E-state index contributed by atoms with van der Waals surface area (Å²) in [4.78, 5) is 19.4. The molecule has 2 heterocycles. The maximum Gasteiger partial charge on any atom is 0.267 e. The van der Waals surface area contributed by atoms with Crippen LogP contribution in [0.5, 0.6) is 0 Å². The number of amides is 1. The van der Waals surface area contributed by atoms with Crippen molar-refractivity contribution < 1.29 is 21.6 Å². The van der Waals surface area contributed by atoms with Gasteiger partial charge in [-0.2, -0.15) is 0 Å². The third kappa shape index (κ3) is 4.67. The van der Waals surface area contributed by atoms with Crippen LogP contribution in [0.3, 0.4) is 0 Å². The average Bonchev–Trinajstić information content (AvgIpc) is 3.27. The van der Waals surface area contributed by atoms with Gasteiger partial charge < -0.3 is 10.3 Å². The van der Waals surface area contributed by atoms with Crippen molar-refractivity contribution in [1.82, 2.24) is 15.3 Å². The van der Waals surface area contributed by atoms with Crippen LogP contribution in [0.25, 0.3) is 10.9 Å². The van der Waals surface area contributed by atoms with Gasteiger partial charge in [0.05, 0.1) is 20.4 Å². The molecule has 2 aromatic carbocycles. The molecule has 8 nitrogen and oxygen atoms in total. The number of fused-ring (bicyclic) bond motifs is 1.